The molecule has 1 unspecified atom stereocenters. The molecule has 0 fully saturated rings. The molecule has 1 atom stereocenters. The summed E-state index contributed by atoms with van der Waals surface area (Å²) >= 11 is 5.72. The number of alkyl halides is 3. The number of ether oxygens (including phenoxy) is 1. The van der Waals surface area contributed by atoms with Gasteiger partial charge in [0.05, 0.1) is 12.6 Å². The minimum absolute atomic E-state index is 0.0890. The van der Waals surface area contributed by atoms with Crippen molar-refractivity contribution in [1.82, 2.24) is 5.32 Å². The molecule has 0 bridgehead atoms. The molecular formula is C11H11ClF5NO. The molecule has 0 aromatic heterocycles. The van der Waals surface area contributed by atoms with Gasteiger partial charge in [0.25, 0.3) is 0 Å². The summed E-state index contributed by atoms with van der Waals surface area (Å²) < 4.78 is 66.2. The van der Waals surface area contributed by atoms with Crippen LogP contribution in [-0.4, -0.2) is 26.4 Å². The Labute approximate surface area is 111 Å². The predicted molar refractivity (Wildman–Crippen MR) is 60.0 cm³/mol. The van der Waals surface area contributed by atoms with E-state index in [1.807, 2.05) is 0 Å². The lowest BCUT2D eigenvalue weighted by atomic mass is 10.1. The van der Waals surface area contributed by atoms with E-state index in [-0.39, 0.29) is 17.2 Å². The number of benzene rings is 1. The molecule has 19 heavy (non-hydrogen) atoms. The molecule has 8 heteroatoms. The van der Waals surface area contributed by atoms with E-state index in [1.165, 1.54) is 7.05 Å². The van der Waals surface area contributed by atoms with Crippen molar-refractivity contribution >= 4 is 11.6 Å². The summed E-state index contributed by atoms with van der Waals surface area (Å²) in [7, 11) is 1.44. The zero-order valence-electron chi connectivity index (χ0n) is 9.82. The first kappa shape index (κ1) is 16.1. The van der Waals surface area contributed by atoms with E-state index in [4.69, 9.17) is 11.6 Å². The summed E-state index contributed by atoms with van der Waals surface area (Å²) in [5.74, 6) is -2.25. The predicted octanol–water partition coefficient (Wildman–Crippen LogP) is 3.46. The van der Waals surface area contributed by atoms with Gasteiger partial charge in [-0.2, -0.15) is 13.2 Å². The lowest BCUT2D eigenvalue weighted by Crippen LogP contribution is -2.26. The molecule has 0 radical (unpaired) electrons. The molecule has 0 saturated carbocycles. The standard InChI is InChI=1S/C11H11ClF5NO/c1-18-10(4-19-5-11(15,16)17)6-2-8(13)9(14)3-7(6)12/h2-3,10,18H,4-5H2,1H3. The van der Waals surface area contributed by atoms with Crippen LogP contribution in [0, 0.1) is 11.6 Å². The Morgan fingerprint density at radius 2 is 1.84 bits per heavy atom. The molecule has 0 saturated heterocycles. The van der Waals surface area contributed by atoms with E-state index in [0.29, 0.717) is 0 Å². The van der Waals surface area contributed by atoms with Gasteiger partial charge in [0.2, 0.25) is 0 Å². The third-order valence-electron chi connectivity index (χ3n) is 2.31. The molecule has 2 nitrogen and oxygen atoms in total. The van der Waals surface area contributed by atoms with Gasteiger partial charge in [-0.1, -0.05) is 11.6 Å². The summed E-state index contributed by atoms with van der Waals surface area (Å²) in [6, 6.07) is 0.820. The van der Waals surface area contributed by atoms with Crippen LogP contribution in [0.1, 0.15) is 11.6 Å². The highest BCUT2D eigenvalue weighted by Crippen LogP contribution is 2.26. The molecule has 0 heterocycles. The fourth-order valence-electron chi connectivity index (χ4n) is 1.43. The first-order chi connectivity index (χ1) is 8.74. The third-order valence-corrected chi connectivity index (χ3v) is 2.64. The summed E-state index contributed by atoms with van der Waals surface area (Å²) in [6.07, 6.45) is -4.45. The summed E-state index contributed by atoms with van der Waals surface area (Å²) in [5.41, 5.74) is 0.130. The van der Waals surface area contributed by atoms with Crippen LogP contribution in [0.3, 0.4) is 0 Å². The van der Waals surface area contributed by atoms with E-state index >= 15 is 0 Å². The fourth-order valence-corrected chi connectivity index (χ4v) is 1.71. The quantitative estimate of drug-likeness (QED) is 0.664. The smallest absolute Gasteiger partial charge is 0.370 e. The van der Waals surface area contributed by atoms with Crippen molar-refractivity contribution in [3.05, 3.63) is 34.4 Å². The Balaban J connectivity index is 2.77. The monoisotopic (exact) mass is 303 g/mol. The molecule has 108 valence electrons. The Morgan fingerprint density at radius 1 is 1.26 bits per heavy atom. The van der Waals surface area contributed by atoms with Gasteiger partial charge in [0.1, 0.15) is 6.61 Å². The Morgan fingerprint density at radius 3 is 2.37 bits per heavy atom. The van der Waals surface area contributed by atoms with Crippen LogP contribution in [0.5, 0.6) is 0 Å². The topological polar surface area (TPSA) is 21.3 Å². The molecule has 0 spiro atoms. The second-order valence-corrected chi connectivity index (χ2v) is 4.17. The normalized spacial score (nSPS) is 13.6. The first-order valence-electron chi connectivity index (χ1n) is 5.21. The van der Waals surface area contributed by atoms with E-state index in [9.17, 15) is 22.0 Å². The number of likely N-dealkylation sites (N-methyl/N-ethyl adjacent to an activating group) is 1. The number of hydrogen-bond donors (Lipinski definition) is 1. The van der Waals surface area contributed by atoms with Gasteiger partial charge < -0.3 is 10.1 Å². The second-order valence-electron chi connectivity index (χ2n) is 3.76. The Kier molecular flexibility index (Phi) is 5.51. The summed E-state index contributed by atoms with van der Waals surface area (Å²) in [4.78, 5) is 0. The van der Waals surface area contributed by atoms with Gasteiger partial charge in [-0.15, -0.1) is 0 Å². The minimum atomic E-state index is -4.45. The molecular weight excluding hydrogens is 293 g/mol. The van der Waals surface area contributed by atoms with E-state index in [1.54, 1.807) is 0 Å². The molecule has 1 aromatic carbocycles. The highest BCUT2D eigenvalue weighted by molar-refractivity contribution is 6.31. The maximum absolute atomic E-state index is 13.1. The average Bonchev–Trinajstić information content (AvgIpc) is 2.29. The van der Waals surface area contributed by atoms with Crippen molar-refractivity contribution in [3.8, 4) is 0 Å². The third kappa shape index (κ3) is 4.93. The highest BCUT2D eigenvalue weighted by atomic mass is 35.5. The lowest BCUT2D eigenvalue weighted by molar-refractivity contribution is -0.175. The number of halogens is 6. The fraction of sp³-hybridized carbons (Fsp3) is 0.455. The van der Waals surface area contributed by atoms with Crippen LogP contribution in [-0.2, 0) is 4.74 Å². The Hall–Kier alpha value is -0.920. The van der Waals surface area contributed by atoms with Crippen molar-refractivity contribution in [2.45, 2.75) is 12.2 Å². The zero-order valence-corrected chi connectivity index (χ0v) is 10.6. The van der Waals surface area contributed by atoms with Crippen molar-refractivity contribution < 1.29 is 26.7 Å². The second kappa shape index (κ2) is 6.49. The zero-order chi connectivity index (χ0) is 14.6. The van der Waals surface area contributed by atoms with Crippen LogP contribution >= 0.6 is 11.6 Å². The van der Waals surface area contributed by atoms with Crippen LogP contribution in [0.4, 0.5) is 22.0 Å². The largest absolute Gasteiger partial charge is 0.411 e. The molecule has 0 aliphatic rings. The van der Waals surface area contributed by atoms with Crippen molar-refractivity contribution in [1.29, 1.82) is 0 Å². The van der Waals surface area contributed by atoms with Gasteiger partial charge in [-0.3, -0.25) is 0 Å². The molecule has 1 rings (SSSR count). The molecule has 0 aliphatic heterocycles. The summed E-state index contributed by atoms with van der Waals surface area (Å²) in [5, 5.41) is 2.54. The van der Waals surface area contributed by atoms with Gasteiger partial charge in [0.15, 0.2) is 11.6 Å². The molecule has 1 N–H and O–H groups in total. The van der Waals surface area contributed by atoms with Crippen LogP contribution in [0.15, 0.2) is 12.1 Å². The first-order valence-corrected chi connectivity index (χ1v) is 5.58. The van der Waals surface area contributed by atoms with Crippen LogP contribution < -0.4 is 5.32 Å². The van der Waals surface area contributed by atoms with Crippen LogP contribution in [0.25, 0.3) is 0 Å². The molecule has 0 amide bonds. The molecule has 1 aromatic rings. The van der Waals surface area contributed by atoms with Crippen LogP contribution in [0.2, 0.25) is 5.02 Å². The minimum Gasteiger partial charge on any atom is -0.370 e. The van der Waals surface area contributed by atoms with E-state index in [2.05, 4.69) is 10.1 Å². The van der Waals surface area contributed by atoms with E-state index < -0.39 is 30.5 Å². The summed E-state index contributed by atoms with van der Waals surface area (Å²) in [6.45, 7) is -1.80. The lowest BCUT2D eigenvalue weighted by Gasteiger charge is -2.19. The number of nitrogens with one attached hydrogen (secondary N) is 1. The van der Waals surface area contributed by atoms with Crippen molar-refractivity contribution in [2.24, 2.45) is 0 Å². The van der Waals surface area contributed by atoms with Gasteiger partial charge in [-0.25, -0.2) is 8.78 Å². The SMILES string of the molecule is CNC(COCC(F)(F)F)c1cc(F)c(F)cc1Cl. The maximum atomic E-state index is 13.1. The number of hydrogen-bond acceptors (Lipinski definition) is 2. The van der Waals surface area contributed by atoms with Gasteiger partial charge in [-0.05, 0) is 24.7 Å². The van der Waals surface area contributed by atoms with Crippen molar-refractivity contribution in [2.75, 3.05) is 20.3 Å². The molecule has 0 aliphatic carbocycles. The number of rotatable bonds is 5. The van der Waals surface area contributed by atoms with Gasteiger partial charge >= 0.3 is 6.18 Å². The highest BCUT2D eigenvalue weighted by Gasteiger charge is 2.28. The maximum Gasteiger partial charge on any atom is 0.411 e. The average molecular weight is 304 g/mol. The Bertz CT molecular complexity index is 438. The van der Waals surface area contributed by atoms with Crippen molar-refractivity contribution in [3.63, 3.8) is 0 Å². The van der Waals surface area contributed by atoms with Gasteiger partial charge in [0, 0.05) is 5.02 Å². The van der Waals surface area contributed by atoms with E-state index in [0.717, 1.165) is 12.1 Å².